The van der Waals surface area contributed by atoms with Crippen LogP contribution in [0.2, 0.25) is 0 Å². The van der Waals surface area contributed by atoms with E-state index in [9.17, 15) is 22.8 Å². The van der Waals surface area contributed by atoms with Crippen LogP contribution in [0.25, 0.3) is 6.08 Å². The van der Waals surface area contributed by atoms with Crippen molar-refractivity contribution in [2.24, 2.45) is 5.10 Å². The van der Waals surface area contributed by atoms with E-state index >= 15 is 0 Å². The van der Waals surface area contributed by atoms with Gasteiger partial charge >= 0.3 is 6.18 Å². The van der Waals surface area contributed by atoms with Crippen molar-refractivity contribution in [3.63, 3.8) is 0 Å². The first-order chi connectivity index (χ1) is 15.3. The highest BCUT2D eigenvalue weighted by Crippen LogP contribution is 2.38. The zero-order chi connectivity index (χ0) is 22.9. The molecule has 0 bridgehead atoms. The predicted octanol–water partition coefficient (Wildman–Crippen LogP) is 2.52. The highest BCUT2D eigenvalue weighted by atomic mass is 19.4. The van der Waals surface area contributed by atoms with E-state index in [0.29, 0.717) is 0 Å². The number of H-pyrrole nitrogens is 1. The van der Waals surface area contributed by atoms with Gasteiger partial charge in [-0.05, 0) is 25.0 Å². The number of carbonyl (C=O) groups is 2. The number of alkyl halides is 3. The molecule has 9 nitrogen and oxygen atoms in total. The number of hydrogen-bond donors (Lipinski definition) is 2. The minimum atomic E-state index is -4.72. The molecule has 0 fully saturated rings. The van der Waals surface area contributed by atoms with Crippen molar-refractivity contribution >= 4 is 23.6 Å². The van der Waals surface area contributed by atoms with Crippen LogP contribution < -0.4 is 5.43 Å². The molecule has 0 aromatic carbocycles. The van der Waals surface area contributed by atoms with Crippen LogP contribution in [0.1, 0.15) is 39.4 Å². The molecule has 2 N–H and O–H groups in total. The Morgan fingerprint density at radius 1 is 1.22 bits per heavy atom. The molecule has 0 spiro atoms. The molecule has 4 rings (SSSR count). The van der Waals surface area contributed by atoms with Gasteiger partial charge in [0.05, 0.1) is 23.0 Å². The largest absolute Gasteiger partial charge is 0.418 e. The quantitative estimate of drug-likeness (QED) is 0.588. The Hall–Kier alpha value is -4.09. The number of rotatable bonds is 5. The van der Waals surface area contributed by atoms with E-state index in [1.54, 1.807) is 0 Å². The normalized spacial score (nSPS) is 15.2. The maximum Gasteiger partial charge on any atom is 0.418 e. The molecule has 1 amide bonds. The van der Waals surface area contributed by atoms with Gasteiger partial charge in [0.25, 0.3) is 5.91 Å². The molecule has 0 atom stereocenters. The zero-order valence-corrected chi connectivity index (χ0v) is 16.6. The van der Waals surface area contributed by atoms with Crippen molar-refractivity contribution in [3.05, 3.63) is 71.1 Å². The summed E-state index contributed by atoms with van der Waals surface area (Å²) in [5.41, 5.74) is 1.44. The first kappa shape index (κ1) is 21.2. The number of hydrazone groups is 1. The van der Waals surface area contributed by atoms with Crippen molar-refractivity contribution in [2.75, 3.05) is 0 Å². The van der Waals surface area contributed by atoms with Crippen LogP contribution in [0.5, 0.6) is 0 Å². The van der Waals surface area contributed by atoms with Crippen molar-refractivity contribution in [1.82, 2.24) is 29.9 Å². The smallest absolute Gasteiger partial charge is 0.358 e. The lowest BCUT2D eigenvalue weighted by molar-refractivity contribution is -0.138. The SMILES string of the molecule is Cc1[nH]c(C=C2C(=O)NN=C2c2cnccn2)c(C(F)(F)F)c1CCC(=O)n1ccnc1. The van der Waals surface area contributed by atoms with Gasteiger partial charge in [-0.15, -0.1) is 0 Å². The number of carbonyl (C=O) groups excluding carboxylic acids is 2. The molecule has 0 radical (unpaired) electrons. The van der Waals surface area contributed by atoms with Gasteiger partial charge in [0.2, 0.25) is 5.91 Å². The molecule has 0 unspecified atom stereocenters. The Morgan fingerprint density at radius 2 is 2.03 bits per heavy atom. The number of nitrogens with one attached hydrogen (secondary N) is 2. The number of aromatic amines is 1. The first-order valence-corrected chi connectivity index (χ1v) is 9.42. The number of nitrogens with zero attached hydrogens (tertiary/aromatic N) is 5. The van der Waals surface area contributed by atoms with Gasteiger partial charge in [0.1, 0.15) is 17.7 Å². The monoisotopic (exact) mass is 443 g/mol. The van der Waals surface area contributed by atoms with E-state index in [2.05, 4.69) is 30.5 Å². The summed E-state index contributed by atoms with van der Waals surface area (Å²) in [6, 6.07) is 0. The van der Waals surface area contributed by atoms with Gasteiger partial charge in [-0.1, -0.05) is 0 Å². The number of hydrogen-bond acceptors (Lipinski definition) is 6. The molecule has 0 aliphatic carbocycles. The summed E-state index contributed by atoms with van der Waals surface area (Å²) in [5, 5.41) is 3.87. The topological polar surface area (TPSA) is 118 Å². The summed E-state index contributed by atoms with van der Waals surface area (Å²) in [5.74, 6) is -1.05. The number of amides is 1. The molecule has 1 aliphatic heterocycles. The van der Waals surface area contributed by atoms with Gasteiger partial charge < -0.3 is 4.98 Å². The average molecular weight is 443 g/mol. The fourth-order valence-corrected chi connectivity index (χ4v) is 3.43. The van der Waals surface area contributed by atoms with Gasteiger partial charge in [-0.3, -0.25) is 24.1 Å². The third-order valence-corrected chi connectivity index (χ3v) is 4.87. The summed E-state index contributed by atoms with van der Waals surface area (Å²) >= 11 is 0. The molecule has 164 valence electrons. The summed E-state index contributed by atoms with van der Waals surface area (Å²) in [6.07, 6.45) is 4.36. The molecular weight excluding hydrogens is 427 g/mol. The maximum absolute atomic E-state index is 14.0. The lowest BCUT2D eigenvalue weighted by Gasteiger charge is -2.11. The van der Waals surface area contributed by atoms with Crippen LogP contribution >= 0.6 is 0 Å². The second kappa shape index (κ2) is 8.21. The number of imidazole rings is 1. The number of halogens is 3. The van der Waals surface area contributed by atoms with Crippen LogP contribution in [0.4, 0.5) is 13.2 Å². The van der Waals surface area contributed by atoms with Crippen molar-refractivity contribution in [1.29, 1.82) is 0 Å². The molecule has 0 saturated heterocycles. The van der Waals surface area contributed by atoms with Gasteiger partial charge in [-0.2, -0.15) is 18.3 Å². The lowest BCUT2D eigenvalue weighted by Crippen LogP contribution is -2.15. The molecule has 1 aliphatic rings. The van der Waals surface area contributed by atoms with E-state index in [1.165, 1.54) is 48.8 Å². The minimum absolute atomic E-state index is 0.0470. The van der Waals surface area contributed by atoms with Gasteiger partial charge in [0.15, 0.2) is 0 Å². The molecule has 4 heterocycles. The molecule has 32 heavy (non-hydrogen) atoms. The van der Waals surface area contributed by atoms with Crippen LogP contribution in [0.3, 0.4) is 0 Å². The second-order valence-corrected chi connectivity index (χ2v) is 6.93. The molecule has 12 heteroatoms. The first-order valence-electron chi connectivity index (χ1n) is 9.42. The highest BCUT2D eigenvalue weighted by molar-refractivity contribution is 6.32. The predicted molar refractivity (Wildman–Crippen MR) is 106 cm³/mol. The third kappa shape index (κ3) is 4.06. The van der Waals surface area contributed by atoms with Crippen LogP contribution in [0, 0.1) is 6.92 Å². The van der Waals surface area contributed by atoms with Crippen LogP contribution in [-0.2, 0) is 17.4 Å². The molecule has 3 aromatic rings. The van der Waals surface area contributed by atoms with Crippen molar-refractivity contribution < 1.29 is 22.8 Å². The van der Waals surface area contributed by atoms with E-state index in [4.69, 9.17) is 0 Å². The van der Waals surface area contributed by atoms with E-state index in [0.717, 1.165) is 6.08 Å². The van der Waals surface area contributed by atoms with Crippen LogP contribution in [-0.4, -0.2) is 42.0 Å². The third-order valence-electron chi connectivity index (χ3n) is 4.87. The van der Waals surface area contributed by atoms with Crippen molar-refractivity contribution in [2.45, 2.75) is 25.9 Å². The van der Waals surface area contributed by atoms with E-state index in [-0.39, 0.29) is 52.7 Å². The zero-order valence-electron chi connectivity index (χ0n) is 16.6. The highest BCUT2D eigenvalue weighted by Gasteiger charge is 2.39. The Bertz CT molecular complexity index is 1230. The Kier molecular flexibility index (Phi) is 5.43. The summed E-state index contributed by atoms with van der Waals surface area (Å²) in [4.78, 5) is 38.9. The van der Waals surface area contributed by atoms with Gasteiger partial charge in [0, 0.05) is 36.9 Å². The fraction of sp³-hybridized carbons (Fsp3) is 0.200. The van der Waals surface area contributed by atoms with Crippen LogP contribution in [0.15, 0.2) is 48.0 Å². The summed E-state index contributed by atoms with van der Waals surface area (Å²) < 4.78 is 43.2. The average Bonchev–Trinajstić information content (AvgIpc) is 3.47. The van der Waals surface area contributed by atoms with E-state index in [1.807, 2.05) is 0 Å². The Morgan fingerprint density at radius 3 is 2.69 bits per heavy atom. The minimum Gasteiger partial charge on any atom is -0.358 e. The molecule has 0 saturated carbocycles. The fourth-order valence-electron chi connectivity index (χ4n) is 3.43. The number of aromatic nitrogens is 5. The Labute approximate surface area is 179 Å². The van der Waals surface area contributed by atoms with Crippen molar-refractivity contribution in [3.8, 4) is 0 Å². The molecular formula is C20H16F3N7O2. The Balaban J connectivity index is 1.71. The summed E-state index contributed by atoms with van der Waals surface area (Å²) in [6.45, 7) is 1.49. The standard InChI is InChI=1S/C20H16F3N7O2/c1-11-12(2-3-16(31)30-7-6-25-10-30)17(20(21,22)23)14(27-11)8-13-18(28-29-19(13)32)15-9-24-4-5-26-15/h4-10,27H,2-3H2,1H3,(H,29,32). The number of aryl methyl sites for hydroxylation is 1. The lowest BCUT2D eigenvalue weighted by atomic mass is 10.0. The summed E-state index contributed by atoms with van der Waals surface area (Å²) in [7, 11) is 0. The maximum atomic E-state index is 14.0. The second-order valence-electron chi connectivity index (χ2n) is 6.93. The molecule has 3 aromatic heterocycles. The van der Waals surface area contributed by atoms with Gasteiger partial charge in [-0.25, -0.2) is 10.4 Å². The van der Waals surface area contributed by atoms with E-state index < -0.39 is 17.6 Å².